The molecule has 0 aliphatic rings. The van der Waals surface area contributed by atoms with Crippen LogP contribution < -0.4 is 10.5 Å². The standard InChI is InChI=1S/C8H7IN2O4/c1-15-7-2-4(8(10)12)6(11(13)14)3-5(7)9/h2-3H,1H3,(H2,10,12). The van der Waals surface area contributed by atoms with Crippen LogP contribution in [0.2, 0.25) is 0 Å². The number of hydrogen-bond acceptors (Lipinski definition) is 4. The molecular formula is C8H7IN2O4. The lowest BCUT2D eigenvalue weighted by molar-refractivity contribution is -0.385. The van der Waals surface area contributed by atoms with Crippen LogP contribution in [0.4, 0.5) is 5.69 Å². The Balaban J connectivity index is 3.45. The smallest absolute Gasteiger partial charge is 0.283 e. The molecule has 0 aliphatic carbocycles. The topological polar surface area (TPSA) is 95.5 Å². The third-order valence-electron chi connectivity index (χ3n) is 1.73. The number of nitro benzene ring substituents is 1. The Bertz CT molecular complexity index is 433. The molecule has 6 nitrogen and oxygen atoms in total. The summed E-state index contributed by atoms with van der Waals surface area (Å²) in [5, 5.41) is 10.6. The van der Waals surface area contributed by atoms with Crippen LogP contribution in [-0.2, 0) is 0 Å². The molecule has 0 saturated heterocycles. The lowest BCUT2D eigenvalue weighted by atomic mass is 10.1. The van der Waals surface area contributed by atoms with E-state index in [0.29, 0.717) is 9.32 Å². The summed E-state index contributed by atoms with van der Waals surface area (Å²) in [6.45, 7) is 0. The van der Waals surface area contributed by atoms with E-state index in [0.717, 1.165) is 0 Å². The van der Waals surface area contributed by atoms with E-state index in [-0.39, 0.29) is 11.3 Å². The minimum atomic E-state index is -0.851. The predicted molar refractivity (Wildman–Crippen MR) is 60.9 cm³/mol. The van der Waals surface area contributed by atoms with Crippen molar-refractivity contribution in [2.75, 3.05) is 7.11 Å². The number of benzene rings is 1. The number of carbonyl (C=O) groups excluding carboxylic acids is 1. The van der Waals surface area contributed by atoms with E-state index in [2.05, 4.69) is 0 Å². The molecule has 0 atom stereocenters. The monoisotopic (exact) mass is 322 g/mol. The Morgan fingerprint density at radius 1 is 1.60 bits per heavy atom. The molecule has 1 aromatic carbocycles. The number of nitrogens with zero attached hydrogens (tertiary/aromatic N) is 1. The van der Waals surface area contributed by atoms with Gasteiger partial charge in [0.25, 0.3) is 11.6 Å². The SMILES string of the molecule is COc1cc(C(N)=O)c([N+](=O)[O-])cc1I. The molecule has 0 bridgehead atoms. The summed E-state index contributed by atoms with van der Waals surface area (Å²) in [5.74, 6) is -0.466. The van der Waals surface area contributed by atoms with Gasteiger partial charge < -0.3 is 10.5 Å². The summed E-state index contributed by atoms with van der Waals surface area (Å²) in [6, 6.07) is 2.52. The fourth-order valence-electron chi connectivity index (χ4n) is 1.05. The van der Waals surface area contributed by atoms with Crippen molar-refractivity contribution < 1.29 is 14.5 Å². The van der Waals surface area contributed by atoms with Crippen molar-refractivity contribution in [1.82, 2.24) is 0 Å². The molecule has 0 radical (unpaired) electrons. The van der Waals surface area contributed by atoms with Crippen molar-refractivity contribution in [2.24, 2.45) is 5.73 Å². The summed E-state index contributed by atoms with van der Waals surface area (Å²) in [7, 11) is 1.41. The van der Waals surface area contributed by atoms with Crippen molar-refractivity contribution in [3.05, 3.63) is 31.4 Å². The Morgan fingerprint density at radius 3 is 2.60 bits per heavy atom. The lowest BCUT2D eigenvalue weighted by Crippen LogP contribution is -2.13. The maximum absolute atomic E-state index is 11.0. The molecule has 0 saturated carbocycles. The Labute approximate surface area is 98.7 Å². The van der Waals surface area contributed by atoms with E-state index in [9.17, 15) is 14.9 Å². The maximum atomic E-state index is 11.0. The van der Waals surface area contributed by atoms with Crippen molar-refractivity contribution in [1.29, 1.82) is 0 Å². The normalized spacial score (nSPS) is 9.73. The zero-order chi connectivity index (χ0) is 11.6. The van der Waals surface area contributed by atoms with E-state index in [1.54, 1.807) is 0 Å². The summed E-state index contributed by atoms with van der Waals surface area (Å²) in [6.07, 6.45) is 0. The molecule has 15 heavy (non-hydrogen) atoms. The van der Waals surface area contributed by atoms with Crippen LogP contribution in [0.3, 0.4) is 0 Å². The molecule has 1 amide bonds. The molecule has 0 fully saturated rings. The van der Waals surface area contributed by atoms with Gasteiger partial charge in [0, 0.05) is 12.1 Å². The van der Waals surface area contributed by atoms with E-state index in [1.165, 1.54) is 19.2 Å². The van der Waals surface area contributed by atoms with Gasteiger partial charge in [0.15, 0.2) is 0 Å². The van der Waals surface area contributed by atoms with Gasteiger partial charge in [0.05, 0.1) is 15.6 Å². The second kappa shape index (κ2) is 4.43. The minimum absolute atomic E-state index is 0.155. The molecule has 0 heterocycles. The Kier molecular flexibility index (Phi) is 3.45. The van der Waals surface area contributed by atoms with Gasteiger partial charge in [-0.2, -0.15) is 0 Å². The van der Waals surface area contributed by atoms with E-state index in [4.69, 9.17) is 10.5 Å². The molecule has 0 unspecified atom stereocenters. The summed E-state index contributed by atoms with van der Waals surface area (Å²) < 4.78 is 5.48. The van der Waals surface area contributed by atoms with Crippen LogP contribution in [0.5, 0.6) is 5.75 Å². The summed E-state index contributed by atoms with van der Waals surface area (Å²) in [4.78, 5) is 20.9. The number of methoxy groups -OCH3 is 1. The van der Waals surface area contributed by atoms with Gasteiger partial charge in [0.1, 0.15) is 11.3 Å². The van der Waals surface area contributed by atoms with Gasteiger partial charge in [-0.15, -0.1) is 0 Å². The lowest BCUT2D eigenvalue weighted by Gasteiger charge is -2.05. The molecule has 2 N–H and O–H groups in total. The number of carbonyl (C=O) groups is 1. The highest BCUT2D eigenvalue weighted by Crippen LogP contribution is 2.29. The molecule has 0 aromatic heterocycles. The van der Waals surface area contributed by atoms with Crippen LogP contribution in [-0.4, -0.2) is 17.9 Å². The summed E-state index contributed by atoms with van der Waals surface area (Å²) in [5.41, 5.74) is 4.56. The van der Waals surface area contributed by atoms with Crippen LogP contribution in [0, 0.1) is 13.7 Å². The first kappa shape index (κ1) is 11.7. The third kappa shape index (κ3) is 2.35. The number of amides is 1. The zero-order valence-electron chi connectivity index (χ0n) is 7.69. The zero-order valence-corrected chi connectivity index (χ0v) is 9.85. The van der Waals surface area contributed by atoms with E-state index < -0.39 is 10.8 Å². The van der Waals surface area contributed by atoms with Gasteiger partial charge >= 0.3 is 0 Å². The van der Waals surface area contributed by atoms with Crippen LogP contribution >= 0.6 is 22.6 Å². The van der Waals surface area contributed by atoms with Crippen LogP contribution in [0.25, 0.3) is 0 Å². The highest BCUT2D eigenvalue weighted by atomic mass is 127. The van der Waals surface area contributed by atoms with Crippen molar-refractivity contribution >= 4 is 34.2 Å². The first-order chi connectivity index (χ1) is 6.97. The molecule has 0 aliphatic heterocycles. The fourth-order valence-corrected chi connectivity index (χ4v) is 1.72. The quantitative estimate of drug-likeness (QED) is 0.515. The number of hydrogen-bond donors (Lipinski definition) is 1. The number of nitrogens with two attached hydrogens (primary N) is 1. The highest BCUT2D eigenvalue weighted by molar-refractivity contribution is 14.1. The molecular weight excluding hydrogens is 315 g/mol. The molecule has 1 rings (SSSR count). The van der Waals surface area contributed by atoms with Crippen molar-refractivity contribution in [3.8, 4) is 5.75 Å². The second-order valence-electron chi connectivity index (χ2n) is 2.63. The second-order valence-corrected chi connectivity index (χ2v) is 3.79. The molecule has 80 valence electrons. The molecule has 7 heteroatoms. The van der Waals surface area contributed by atoms with Crippen molar-refractivity contribution in [2.45, 2.75) is 0 Å². The van der Waals surface area contributed by atoms with Gasteiger partial charge in [-0.3, -0.25) is 14.9 Å². The average molecular weight is 322 g/mol. The fraction of sp³-hybridized carbons (Fsp3) is 0.125. The minimum Gasteiger partial charge on any atom is -0.496 e. The Hall–Kier alpha value is -1.38. The first-order valence-electron chi connectivity index (χ1n) is 3.79. The third-order valence-corrected chi connectivity index (χ3v) is 2.58. The molecule has 0 spiro atoms. The summed E-state index contributed by atoms with van der Waals surface area (Å²) >= 11 is 1.88. The molecule has 1 aromatic rings. The van der Waals surface area contributed by atoms with E-state index in [1.807, 2.05) is 22.6 Å². The van der Waals surface area contributed by atoms with Gasteiger partial charge in [-0.05, 0) is 22.6 Å². The van der Waals surface area contributed by atoms with Crippen molar-refractivity contribution in [3.63, 3.8) is 0 Å². The number of rotatable bonds is 3. The number of primary amides is 1. The average Bonchev–Trinajstić information content (AvgIpc) is 2.16. The van der Waals surface area contributed by atoms with Gasteiger partial charge in [-0.25, -0.2) is 0 Å². The Morgan fingerprint density at radius 2 is 2.20 bits per heavy atom. The number of ether oxygens (including phenoxy) is 1. The first-order valence-corrected chi connectivity index (χ1v) is 4.87. The predicted octanol–water partition coefficient (Wildman–Crippen LogP) is 1.31. The van der Waals surface area contributed by atoms with Gasteiger partial charge in [0.2, 0.25) is 0 Å². The van der Waals surface area contributed by atoms with E-state index >= 15 is 0 Å². The number of nitro groups is 1. The van der Waals surface area contributed by atoms with Crippen LogP contribution in [0.1, 0.15) is 10.4 Å². The van der Waals surface area contributed by atoms with Crippen LogP contribution in [0.15, 0.2) is 12.1 Å². The largest absolute Gasteiger partial charge is 0.496 e. The highest BCUT2D eigenvalue weighted by Gasteiger charge is 2.21. The number of halogens is 1. The van der Waals surface area contributed by atoms with Gasteiger partial charge in [-0.1, -0.05) is 0 Å². The maximum Gasteiger partial charge on any atom is 0.283 e.